The van der Waals surface area contributed by atoms with E-state index in [0.29, 0.717) is 24.1 Å². The number of aliphatic hydroxyl groups is 1. The van der Waals surface area contributed by atoms with Gasteiger partial charge < -0.3 is 10.0 Å². The summed E-state index contributed by atoms with van der Waals surface area (Å²) >= 11 is 0. The van der Waals surface area contributed by atoms with E-state index in [2.05, 4.69) is 5.32 Å². The Balaban J connectivity index is 1.84. The van der Waals surface area contributed by atoms with Crippen LogP contribution in [-0.2, 0) is 9.59 Å². The number of hydrogen-bond donors (Lipinski definition) is 2. The fourth-order valence-corrected chi connectivity index (χ4v) is 2.93. The number of carbonyl (C=O) groups excluding carboxylic acids is 2. The average Bonchev–Trinajstić information content (AvgIpc) is 2.88. The van der Waals surface area contributed by atoms with Crippen LogP contribution in [0, 0.1) is 0 Å². The van der Waals surface area contributed by atoms with Gasteiger partial charge in [-0.05, 0) is 30.7 Å². The van der Waals surface area contributed by atoms with E-state index in [4.69, 9.17) is 0 Å². The van der Waals surface area contributed by atoms with Crippen molar-refractivity contribution in [1.82, 2.24) is 5.32 Å². The molecule has 2 amide bonds. The quantitative estimate of drug-likeness (QED) is 0.656. The molecule has 0 radical (unpaired) electrons. The Hall–Kier alpha value is -2.66. The van der Waals surface area contributed by atoms with E-state index in [0.717, 1.165) is 5.69 Å². The predicted octanol–water partition coefficient (Wildman–Crippen LogP) is 1.67. The zero-order valence-corrected chi connectivity index (χ0v) is 12.8. The summed E-state index contributed by atoms with van der Waals surface area (Å²) in [6.45, 7) is 2.61. The van der Waals surface area contributed by atoms with Crippen molar-refractivity contribution < 1.29 is 14.7 Å². The molecule has 1 heterocycles. The highest BCUT2D eigenvalue weighted by Gasteiger charge is 2.33. The van der Waals surface area contributed by atoms with Gasteiger partial charge in [-0.1, -0.05) is 30.4 Å². The van der Waals surface area contributed by atoms with Crippen LogP contribution in [0.1, 0.15) is 13.3 Å². The second-order valence-electron chi connectivity index (χ2n) is 5.53. The van der Waals surface area contributed by atoms with Crippen molar-refractivity contribution in [2.24, 2.45) is 0 Å². The summed E-state index contributed by atoms with van der Waals surface area (Å²) in [5, 5.41) is 13.2. The number of imide groups is 1. The first-order chi connectivity index (χ1) is 11.0. The van der Waals surface area contributed by atoms with Crippen molar-refractivity contribution in [3.8, 4) is 0 Å². The topological polar surface area (TPSA) is 69.6 Å². The lowest BCUT2D eigenvalue weighted by Crippen LogP contribution is -2.48. The molecule has 0 saturated carbocycles. The fourth-order valence-electron chi connectivity index (χ4n) is 2.93. The minimum absolute atomic E-state index is 0.334. The van der Waals surface area contributed by atoms with Crippen molar-refractivity contribution in [3.63, 3.8) is 0 Å². The van der Waals surface area contributed by atoms with E-state index in [9.17, 15) is 14.7 Å². The summed E-state index contributed by atoms with van der Waals surface area (Å²) in [4.78, 5) is 24.9. The molecule has 118 valence electrons. The number of amides is 2. The molecule has 5 heteroatoms. The monoisotopic (exact) mass is 310 g/mol. The SMILES string of the molecule is CCN(c1ccccc1)C1(O)C=CC(C2=CC(=O)NC2=O)=CC1. The molecule has 0 saturated heterocycles. The Bertz CT molecular complexity index is 734. The van der Waals surface area contributed by atoms with E-state index in [1.54, 1.807) is 18.2 Å². The molecule has 1 unspecified atom stereocenters. The Kier molecular flexibility index (Phi) is 3.88. The van der Waals surface area contributed by atoms with E-state index in [-0.39, 0.29) is 0 Å². The highest BCUT2D eigenvalue weighted by atomic mass is 16.3. The van der Waals surface area contributed by atoms with Gasteiger partial charge >= 0.3 is 0 Å². The lowest BCUT2D eigenvalue weighted by atomic mass is 9.93. The molecule has 2 aliphatic rings. The fraction of sp³-hybridized carbons (Fsp3) is 0.222. The van der Waals surface area contributed by atoms with Crippen LogP contribution in [0.5, 0.6) is 0 Å². The highest BCUT2D eigenvalue weighted by Crippen LogP contribution is 2.32. The summed E-state index contributed by atoms with van der Waals surface area (Å²) in [6.07, 6.45) is 6.78. The molecule has 1 aromatic carbocycles. The standard InChI is InChI=1S/C18H18N2O3/c1-2-20(14-6-4-3-5-7-14)18(23)10-8-13(9-11-18)15-12-16(21)19-17(15)22/h3-10,12,23H,2,11H2,1H3,(H,19,21,22). The van der Waals surface area contributed by atoms with Crippen molar-refractivity contribution in [1.29, 1.82) is 0 Å². The van der Waals surface area contributed by atoms with Gasteiger partial charge in [-0.15, -0.1) is 0 Å². The molecule has 3 rings (SSSR count). The largest absolute Gasteiger partial charge is 0.367 e. The van der Waals surface area contributed by atoms with Gasteiger partial charge in [-0.2, -0.15) is 0 Å². The van der Waals surface area contributed by atoms with Crippen molar-refractivity contribution >= 4 is 17.5 Å². The molecular weight excluding hydrogens is 292 g/mol. The molecular formula is C18H18N2O3. The number of benzene rings is 1. The lowest BCUT2D eigenvalue weighted by Gasteiger charge is -2.39. The van der Waals surface area contributed by atoms with Gasteiger partial charge in [0, 0.05) is 24.7 Å². The second-order valence-corrected chi connectivity index (χ2v) is 5.53. The van der Waals surface area contributed by atoms with Gasteiger partial charge in [0.25, 0.3) is 11.8 Å². The number of hydrogen-bond acceptors (Lipinski definition) is 4. The summed E-state index contributed by atoms with van der Waals surface area (Å²) in [5.41, 5.74) is 0.768. The number of nitrogens with one attached hydrogen (secondary N) is 1. The van der Waals surface area contributed by atoms with Crippen LogP contribution in [0.4, 0.5) is 5.69 Å². The van der Waals surface area contributed by atoms with Crippen LogP contribution < -0.4 is 10.2 Å². The van der Waals surface area contributed by atoms with Crippen LogP contribution in [0.3, 0.4) is 0 Å². The maximum absolute atomic E-state index is 11.7. The number of para-hydroxylation sites is 1. The van der Waals surface area contributed by atoms with Crippen LogP contribution in [0.2, 0.25) is 0 Å². The zero-order valence-electron chi connectivity index (χ0n) is 12.8. The summed E-state index contributed by atoms with van der Waals surface area (Å²) in [7, 11) is 0. The van der Waals surface area contributed by atoms with Crippen LogP contribution >= 0.6 is 0 Å². The van der Waals surface area contributed by atoms with Gasteiger partial charge in [0.2, 0.25) is 0 Å². The number of allylic oxidation sites excluding steroid dienone is 1. The van der Waals surface area contributed by atoms with Gasteiger partial charge in [-0.3, -0.25) is 14.9 Å². The van der Waals surface area contributed by atoms with E-state index >= 15 is 0 Å². The number of anilines is 1. The maximum atomic E-state index is 11.7. The Morgan fingerprint density at radius 1 is 1.26 bits per heavy atom. The number of nitrogens with zero attached hydrogens (tertiary/aromatic N) is 1. The number of rotatable bonds is 4. The van der Waals surface area contributed by atoms with E-state index < -0.39 is 17.5 Å². The number of likely N-dealkylation sites (N-methyl/N-ethyl adjacent to an activating group) is 1. The molecule has 1 aliphatic heterocycles. The summed E-state index contributed by atoms with van der Waals surface area (Å²) in [5.74, 6) is -0.800. The molecule has 1 atom stereocenters. The van der Waals surface area contributed by atoms with Gasteiger partial charge in [-0.25, -0.2) is 0 Å². The van der Waals surface area contributed by atoms with Crippen LogP contribution in [0.15, 0.2) is 65.8 Å². The van der Waals surface area contributed by atoms with Crippen molar-refractivity contribution in [2.45, 2.75) is 19.1 Å². The first kappa shape index (κ1) is 15.2. The lowest BCUT2D eigenvalue weighted by molar-refractivity contribution is -0.123. The molecule has 0 fully saturated rings. The molecule has 1 aromatic rings. The molecule has 5 nitrogen and oxygen atoms in total. The maximum Gasteiger partial charge on any atom is 0.258 e. The smallest absolute Gasteiger partial charge is 0.258 e. The van der Waals surface area contributed by atoms with Gasteiger partial charge in [0.15, 0.2) is 5.72 Å². The summed E-state index contributed by atoms with van der Waals surface area (Å²) < 4.78 is 0. The molecule has 23 heavy (non-hydrogen) atoms. The molecule has 0 bridgehead atoms. The first-order valence-electron chi connectivity index (χ1n) is 7.55. The van der Waals surface area contributed by atoms with Crippen molar-refractivity contribution in [3.05, 3.63) is 65.8 Å². The van der Waals surface area contributed by atoms with Gasteiger partial charge in [0.1, 0.15) is 0 Å². The minimum Gasteiger partial charge on any atom is -0.367 e. The van der Waals surface area contributed by atoms with Crippen LogP contribution in [-0.4, -0.2) is 29.2 Å². The third kappa shape index (κ3) is 2.83. The van der Waals surface area contributed by atoms with E-state index in [1.807, 2.05) is 42.2 Å². The molecule has 0 spiro atoms. The van der Waals surface area contributed by atoms with E-state index in [1.165, 1.54) is 6.08 Å². The van der Waals surface area contributed by atoms with Crippen LogP contribution in [0.25, 0.3) is 0 Å². The predicted molar refractivity (Wildman–Crippen MR) is 87.5 cm³/mol. The minimum atomic E-state index is -1.15. The zero-order chi connectivity index (χ0) is 16.4. The Morgan fingerprint density at radius 2 is 2.00 bits per heavy atom. The first-order valence-corrected chi connectivity index (χ1v) is 7.55. The molecule has 0 aromatic heterocycles. The number of carbonyl (C=O) groups is 2. The van der Waals surface area contributed by atoms with Gasteiger partial charge in [0.05, 0.1) is 5.57 Å². The van der Waals surface area contributed by atoms with Crippen molar-refractivity contribution in [2.75, 3.05) is 11.4 Å². The normalized spacial score (nSPS) is 23.4. The third-order valence-electron chi connectivity index (χ3n) is 4.07. The summed E-state index contributed by atoms with van der Waals surface area (Å²) in [6, 6.07) is 9.67. The third-order valence-corrected chi connectivity index (χ3v) is 4.07. The average molecular weight is 310 g/mol. The second kappa shape index (κ2) is 5.85. The Labute approximate surface area is 134 Å². The molecule has 1 aliphatic carbocycles. The molecule has 2 N–H and O–H groups in total. The highest BCUT2D eigenvalue weighted by molar-refractivity contribution is 6.18. The Morgan fingerprint density at radius 3 is 2.52 bits per heavy atom.